The Labute approximate surface area is 246 Å². The minimum atomic E-state index is -1.02. The quantitative estimate of drug-likeness (QED) is 0.126. The summed E-state index contributed by atoms with van der Waals surface area (Å²) in [6.45, 7) is 0.297. The first kappa shape index (κ1) is 28.9. The van der Waals surface area contributed by atoms with Crippen LogP contribution in [-0.2, 0) is 10.3 Å². The molecule has 0 fully saturated rings. The third-order valence-corrected chi connectivity index (χ3v) is 7.40. The van der Waals surface area contributed by atoms with Crippen molar-refractivity contribution in [3.63, 3.8) is 0 Å². The molecule has 0 spiro atoms. The normalized spacial score (nSPS) is 12.1. The lowest BCUT2D eigenvalue weighted by Crippen LogP contribution is -2.36. The van der Waals surface area contributed by atoms with Crippen molar-refractivity contribution in [2.45, 2.75) is 18.1 Å². The van der Waals surface area contributed by atoms with Gasteiger partial charge in [0.2, 0.25) is 0 Å². The molecule has 0 aliphatic rings. The van der Waals surface area contributed by atoms with Gasteiger partial charge in [-0.1, -0.05) is 84.9 Å². The Balaban J connectivity index is 1.41. The van der Waals surface area contributed by atoms with E-state index in [2.05, 4.69) is 0 Å². The van der Waals surface area contributed by atoms with Gasteiger partial charge in [0.05, 0.1) is 33.5 Å². The first-order valence-electron chi connectivity index (χ1n) is 13.9. The first-order valence-corrected chi connectivity index (χ1v) is 13.9. The number of aldehydes is 1. The van der Waals surface area contributed by atoms with Crippen molar-refractivity contribution in [1.82, 2.24) is 0 Å². The number of fused-ring (bicyclic) bond motifs is 1. The zero-order chi connectivity index (χ0) is 29.4. The van der Waals surface area contributed by atoms with Crippen LogP contribution in [0.15, 0.2) is 115 Å². The summed E-state index contributed by atoms with van der Waals surface area (Å²) in [4.78, 5) is 11.6. The third-order valence-electron chi connectivity index (χ3n) is 7.40. The molecule has 0 aliphatic carbocycles. The van der Waals surface area contributed by atoms with Crippen molar-refractivity contribution in [2.24, 2.45) is 0 Å². The van der Waals surface area contributed by atoms with Gasteiger partial charge in [-0.05, 0) is 52.4 Å². The lowest BCUT2D eigenvalue weighted by atomic mass is 9.80. The molecular weight excluding hydrogens is 528 g/mol. The molecule has 0 aromatic heterocycles. The summed E-state index contributed by atoms with van der Waals surface area (Å²) in [6, 6.07) is 36.7. The van der Waals surface area contributed by atoms with Crippen LogP contribution in [0.3, 0.4) is 0 Å². The smallest absolute Gasteiger partial charge is 0.150 e. The summed E-state index contributed by atoms with van der Waals surface area (Å²) in [5, 5.41) is 12.8. The number of aliphatic hydroxyl groups is 1. The highest BCUT2D eigenvalue weighted by Crippen LogP contribution is 2.42. The number of carbonyl (C=O) groups excluding carboxylic acids is 1. The molecule has 0 heterocycles. The van der Waals surface area contributed by atoms with Gasteiger partial charge >= 0.3 is 0 Å². The van der Waals surface area contributed by atoms with E-state index < -0.39 is 11.7 Å². The molecule has 5 aromatic carbocycles. The number of hydrogen-bond donors (Lipinski definition) is 1. The lowest BCUT2D eigenvalue weighted by Gasteiger charge is -2.36. The zero-order valence-corrected chi connectivity index (χ0v) is 23.7. The predicted molar refractivity (Wildman–Crippen MR) is 164 cm³/mol. The molecule has 5 rings (SSSR count). The highest BCUT2D eigenvalue weighted by molar-refractivity contribution is 6.01. The Morgan fingerprint density at radius 1 is 0.714 bits per heavy atom. The topological polar surface area (TPSA) is 74.2 Å². The van der Waals surface area contributed by atoms with Gasteiger partial charge in [-0.2, -0.15) is 0 Å². The van der Waals surface area contributed by atoms with Crippen molar-refractivity contribution in [1.29, 1.82) is 0 Å². The van der Waals surface area contributed by atoms with E-state index in [-0.39, 0.29) is 13.2 Å². The minimum Gasteiger partial charge on any atom is -0.497 e. The molecule has 6 nitrogen and oxygen atoms in total. The maximum Gasteiger partial charge on any atom is 0.150 e. The number of carbonyl (C=O) groups is 1. The van der Waals surface area contributed by atoms with Crippen LogP contribution in [0.5, 0.6) is 17.2 Å². The Bertz CT molecular complexity index is 1540. The number of methoxy groups -OCH3 is 2. The maximum atomic E-state index is 11.6. The molecule has 1 unspecified atom stereocenters. The summed E-state index contributed by atoms with van der Waals surface area (Å²) >= 11 is 0. The molecule has 0 amide bonds. The largest absolute Gasteiger partial charge is 0.497 e. The number of ether oxygens (including phenoxy) is 4. The highest BCUT2D eigenvalue weighted by Gasteiger charge is 2.38. The average molecular weight is 563 g/mol. The molecule has 0 aliphatic heterocycles. The zero-order valence-electron chi connectivity index (χ0n) is 23.7. The number of hydrogen-bond acceptors (Lipinski definition) is 6. The lowest BCUT2D eigenvalue weighted by molar-refractivity contribution is -0.0427. The monoisotopic (exact) mass is 562 g/mol. The van der Waals surface area contributed by atoms with Crippen LogP contribution in [0.2, 0.25) is 0 Å². The molecule has 0 saturated heterocycles. The molecule has 0 saturated carbocycles. The van der Waals surface area contributed by atoms with E-state index >= 15 is 0 Å². The second-order valence-corrected chi connectivity index (χ2v) is 9.93. The summed E-state index contributed by atoms with van der Waals surface area (Å²) in [7, 11) is 3.27. The van der Waals surface area contributed by atoms with Crippen LogP contribution >= 0.6 is 0 Å². The molecule has 0 bridgehead atoms. The van der Waals surface area contributed by atoms with Gasteiger partial charge in [0.1, 0.15) is 22.8 Å². The average Bonchev–Trinajstić information content (AvgIpc) is 3.05. The van der Waals surface area contributed by atoms with Gasteiger partial charge < -0.3 is 24.1 Å². The first-order chi connectivity index (χ1) is 20.6. The second-order valence-electron chi connectivity index (χ2n) is 9.93. The Morgan fingerprint density at radius 2 is 1.29 bits per heavy atom. The Hall–Kier alpha value is -4.65. The minimum absolute atomic E-state index is 0.0471. The highest BCUT2D eigenvalue weighted by atomic mass is 16.5. The van der Waals surface area contributed by atoms with E-state index in [0.717, 1.165) is 45.2 Å². The van der Waals surface area contributed by atoms with Crippen LogP contribution in [0, 0.1) is 0 Å². The molecule has 1 N–H and O–H groups in total. The standard InChI is InChI=1S/C36H34O6/c1-39-32-18-14-29(15-19-32)36(28-11-4-3-5-12-28,30-16-20-33(40-2)21-17-30)42-25-31(38)22-23-41-34-13-7-9-26-8-6-10-27(24-37)35(26)34/h3-21,24,31,38H,22-23,25H2,1-2H3. The molecule has 5 aromatic rings. The van der Waals surface area contributed by atoms with Crippen LogP contribution in [0.25, 0.3) is 10.8 Å². The fourth-order valence-electron chi connectivity index (χ4n) is 5.24. The van der Waals surface area contributed by atoms with E-state index in [1.807, 2.05) is 109 Å². The van der Waals surface area contributed by atoms with Gasteiger partial charge in [-0.25, -0.2) is 0 Å². The predicted octanol–water partition coefficient (Wildman–Crippen LogP) is 6.81. The van der Waals surface area contributed by atoms with E-state index in [1.54, 1.807) is 20.3 Å². The number of rotatable bonds is 13. The summed E-state index contributed by atoms with van der Waals surface area (Å²) in [5.41, 5.74) is 2.25. The van der Waals surface area contributed by atoms with E-state index in [0.29, 0.717) is 17.7 Å². The van der Waals surface area contributed by atoms with Gasteiger partial charge in [0.15, 0.2) is 6.29 Å². The Kier molecular flexibility index (Phi) is 9.17. The van der Waals surface area contributed by atoms with Crippen molar-refractivity contribution < 1.29 is 28.8 Å². The van der Waals surface area contributed by atoms with Crippen LogP contribution in [-0.4, -0.2) is 44.9 Å². The fourth-order valence-corrected chi connectivity index (χ4v) is 5.24. The van der Waals surface area contributed by atoms with Gasteiger partial charge in [-0.3, -0.25) is 4.79 Å². The van der Waals surface area contributed by atoms with Crippen molar-refractivity contribution in [3.8, 4) is 17.2 Å². The van der Waals surface area contributed by atoms with Crippen molar-refractivity contribution >= 4 is 17.1 Å². The van der Waals surface area contributed by atoms with Crippen molar-refractivity contribution in [2.75, 3.05) is 27.4 Å². The molecule has 214 valence electrons. The summed E-state index contributed by atoms with van der Waals surface area (Å²) in [6.07, 6.45) is 0.347. The summed E-state index contributed by atoms with van der Waals surface area (Å²) in [5.74, 6) is 2.08. The summed E-state index contributed by atoms with van der Waals surface area (Å²) < 4.78 is 23.7. The van der Waals surface area contributed by atoms with Crippen molar-refractivity contribution in [3.05, 3.63) is 138 Å². The van der Waals surface area contributed by atoms with Crippen LogP contribution in [0.1, 0.15) is 33.5 Å². The van der Waals surface area contributed by atoms with Crippen LogP contribution in [0.4, 0.5) is 0 Å². The third kappa shape index (κ3) is 6.00. The van der Waals surface area contributed by atoms with E-state index in [9.17, 15) is 9.90 Å². The Morgan fingerprint density at radius 3 is 1.86 bits per heavy atom. The molecule has 0 radical (unpaired) electrons. The van der Waals surface area contributed by atoms with Gasteiger partial charge in [0.25, 0.3) is 0 Å². The van der Waals surface area contributed by atoms with Gasteiger partial charge in [-0.15, -0.1) is 0 Å². The van der Waals surface area contributed by atoms with Crippen LogP contribution < -0.4 is 14.2 Å². The fraction of sp³-hybridized carbons (Fsp3) is 0.194. The second kappa shape index (κ2) is 13.3. The molecule has 6 heteroatoms. The number of benzene rings is 5. The molecular formula is C36H34O6. The molecule has 42 heavy (non-hydrogen) atoms. The number of aliphatic hydroxyl groups excluding tert-OH is 1. The van der Waals surface area contributed by atoms with E-state index in [1.165, 1.54) is 0 Å². The SMILES string of the molecule is COc1ccc(C(OCC(O)CCOc2cccc3cccc(C=O)c23)(c2ccccc2)c2ccc(OC)cc2)cc1. The van der Waals surface area contributed by atoms with E-state index in [4.69, 9.17) is 18.9 Å². The van der Waals surface area contributed by atoms with Gasteiger partial charge in [0, 0.05) is 17.4 Å². The molecule has 1 atom stereocenters. The maximum absolute atomic E-state index is 11.6.